The Labute approximate surface area is 182 Å². The normalized spacial score (nSPS) is 24.1. The van der Waals surface area contributed by atoms with Crippen LogP contribution in [0.25, 0.3) is 0 Å². The van der Waals surface area contributed by atoms with Gasteiger partial charge in [0.2, 0.25) is 5.91 Å². The lowest BCUT2D eigenvalue weighted by atomic mass is 9.83. The number of nitrogens with zero attached hydrogens (tertiary/aromatic N) is 6. The van der Waals surface area contributed by atoms with Crippen molar-refractivity contribution in [1.29, 1.82) is 0 Å². The van der Waals surface area contributed by atoms with Crippen LogP contribution in [0, 0.1) is 5.92 Å². The predicted molar refractivity (Wildman–Crippen MR) is 116 cm³/mol. The molecule has 164 valence electrons. The molecule has 8 heteroatoms. The molecule has 2 aromatic rings. The molecule has 2 atom stereocenters. The number of likely N-dealkylation sites (tertiary alicyclic amines) is 1. The van der Waals surface area contributed by atoms with Crippen LogP contribution >= 0.6 is 0 Å². The maximum atomic E-state index is 13.3. The van der Waals surface area contributed by atoms with E-state index in [2.05, 4.69) is 25.8 Å². The largest absolute Gasteiger partial charge is 0.340 e. The number of piperazine rings is 1. The highest BCUT2D eigenvalue weighted by Crippen LogP contribution is 2.35. The first-order chi connectivity index (χ1) is 15.1. The highest BCUT2D eigenvalue weighted by atomic mass is 16.2. The standard InChI is InChI=1S/C23H30N6O2/c1-17(30)28-6-4-26(5-7-28)14-20-2-3-22-21-8-18(13-29(22)23(20)31)11-27(15-21)12-19-9-24-16-25-10-19/h2-3,9-10,16,18,21H,4-8,11-15H2,1H3/t18-,21+/m0/s1. The van der Waals surface area contributed by atoms with Gasteiger partial charge in [0.25, 0.3) is 5.56 Å². The fourth-order valence-electron chi connectivity index (χ4n) is 5.47. The highest BCUT2D eigenvalue weighted by Gasteiger charge is 2.35. The van der Waals surface area contributed by atoms with Crippen LogP contribution in [-0.4, -0.2) is 74.4 Å². The van der Waals surface area contributed by atoms with Crippen LogP contribution < -0.4 is 5.56 Å². The molecule has 2 aromatic heterocycles. The summed E-state index contributed by atoms with van der Waals surface area (Å²) in [6.07, 6.45) is 6.50. The first-order valence-electron chi connectivity index (χ1n) is 11.2. The summed E-state index contributed by atoms with van der Waals surface area (Å²) >= 11 is 0. The molecule has 3 aliphatic rings. The molecular weight excluding hydrogens is 392 g/mol. The molecule has 0 unspecified atom stereocenters. The number of piperidine rings is 1. The molecular formula is C23H30N6O2. The van der Waals surface area contributed by atoms with Gasteiger partial charge < -0.3 is 9.47 Å². The van der Waals surface area contributed by atoms with Crippen molar-refractivity contribution in [1.82, 2.24) is 29.2 Å². The second-order valence-electron chi connectivity index (χ2n) is 9.22. The zero-order valence-corrected chi connectivity index (χ0v) is 18.1. The van der Waals surface area contributed by atoms with Crippen molar-refractivity contribution < 1.29 is 4.79 Å². The van der Waals surface area contributed by atoms with Crippen molar-refractivity contribution >= 4 is 5.91 Å². The fourth-order valence-corrected chi connectivity index (χ4v) is 5.47. The first-order valence-corrected chi connectivity index (χ1v) is 11.2. The van der Waals surface area contributed by atoms with E-state index in [1.54, 1.807) is 13.3 Å². The summed E-state index contributed by atoms with van der Waals surface area (Å²) in [5.41, 5.74) is 3.37. The topological polar surface area (TPSA) is 74.6 Å². The van der Waals surface area contributed by atoms with Crippen molar-refractivity contribution in [2.75, 3.05) is 39.3 Å². The molecule has 0 aliphatic carbocycles. The summed E-state index contributed by atoms with van der Waals surface area (Å²) in [6.45, 7) is 9.07. The Kier molecular flexibility index (Phi) is 5.58. The van der Waals surface area contributed by atoms with Crippen LogP contribution in [0.3, 0.4) is 0 Å². The molecule has 3 aliphatic heterocycles. The molecule has 0 spiro atoms. The number of rotatable bonds is 4. The van der Waals surface area contributed by atoms with E-state index in [4.69, 9.17) is 0 Å². The van der Waals surface area contributed by atoms with Crippen molar-refractivity contribution in [2.24, 2.45) is 5.92 Å². The molecule has 0 aromatic carbocycles. The molecule has 2 saturated heterocycles. The van der Waals surface area contributed by atoms with Gasteiger partial charge >= 0.3 is 0 Å². The average Bonchev–Trinajstić information content (AvgIpc) is 2.77. The van der Waals surface area contributed by atoms with Crippen LogP contribution in [0.4, 0.5) is 0 Å². The van der Waals surface area contributed by atoms with Gasteiger partial charge in [0, 0.05) is 101 Å². The zero-order valence-electron chi connectivity index (χ0n) is 18.1. The number of hydrogen-bond acceptors (Lipinski definition) is 6. The molecule has 5 heterocycles. The summed E-state index contributed by atoms with van der Waals surface area (Å²) in [5, 5.41) is 0. The molecule has 0 radical (unpaired) electrons. The summed E-state index contributed by atoms with van der Waals surface area (Å²) in [4.78, 5) is 39.8. The second kappa shape index (κ2) is 8.51. The van der Waals surface area contributed by atoms with Crippen LogP contribution in [0.1, 0.15) is 36.1 Å². The van der Waals surface area contributed by atoms with Gasteiger partial charge in [0.1, 0.15) is 6.33 Å². The minimum absolute atomic E-state index is 0.133. The van der Waals surface area contributed by atoms with Crippen LogP contribution in [0.2, 0.25) is 0 Å². The van der Waals surface area contributed by atoms with E-state index in [-0.39, 0.29) is 11.5 Å². The molecule has 31 heavy (non-hydrogen) atoms. The minimum Gasteiger partial charge on any atom is -0.340 e. The van der Waals surface area contributed by atoms with Gasteiger partial charge in [-0.25, -0.2) is 9.97 Å². The van der Waals surface area contributed by atoms with Gasteiger partial charge in [0.15, 0.2) is 0 Å². The minimum atomic E-state index is 0.133. The van der Waals surface area contributed by atoms with Gasteiger partial charge in [0.05, 0.1) is 0 Å². The maximum Gasteiger partial charge on any atom is 0.255 e. The number of fused-ring (bicyclic) bond motifs is 4. The van der Waals surface area contributed by atoms with Gasteiger partial charge in [-0.3, -0.25) is 19.4 Å². The molecule has 2 fully saturated rings. The lowest BCUT2D eigenvalue weighted by Crippen LogP contribution is -2.49. The Balaban J connectivity index is 1.28. The zero-order chi connectivity index (χ0) is 21.4. The number of amides is 1. The Morgan fingerprint density at radius 3 is 2.52 bits per heavy atom. The lowest BCUT2D eigenvalue weighted by molar-refractivity contribution is -0.130. The number of carbonyl (C=O) groups excluding carboxylic acids is 1. The lowest BCUT2D eigenvalue weighted by Gasteiger charge is -2.43. The van der Waals surface area contributed by atoms with E-state index in [1.807, 2.05) is 27.9 Å². The number of hydrogen-bond donors (Lipinski definition) is 0. The van der Waals surface area contributed by atoms with Gasteiger partial charge in [-0.05, 0) is 18.4 Å². The van der Waals surface area contributed by atoms with Crippen molar-refractivity contribution in [3.63, 3.8) is 0 Å². The SMILES string of the molecule is CC(=O)N1CCN(Cc2ccc3n(c2=O)C[C@H]2C[C@@H]3CN(Cc3cncnc3)C2)CC1. The quantitative estimate of drug-likeness (QED) is 0.730. The van der Waals surface area contributed by atoms with E-state index in [0.29, 0.717) is 18.4 Å². The Morgan fingerprint density at radius 2 is 1.77 bits per heavy atom. The predicted octanol–water partition coefficient (Wildman–Crippen LogP) is 0.922. The smallest absolute Gasteiger partial charge is 0.255 e. The van der Waals surface area contributed by atoms with Crippen LogP contribution in [0.15, 0.2) is 35.6 Å². The van der Waals surface area contributed by atoms with Gasteiger partial charge in [-0.1, -0.05) is 6.07 Å². The molecule has 2 bridgehead atoms. The van der Waals surface area contributed by atoms with E-state index in [0.717, 1.165) is 69.9 Å². The Bertz CT molecular complexity index is 999. The average molecular weight is 423 g/mol. The van der Waals surface area contributed by atoms with Crippen LogP contribution in [-0.2, 0) is 24.4 Å². The third-order valence-electron chi connectivity index (χ3n) is 6.99. The van der Waals surface area contributed by atoms with E-state index in [9.17, 15) is 9.59 Å². The Hall–Kier alpha value is -2.58. The summed E-state index contributed by atoms with van der Waals surface area (Å²) < 4.78 is 2.04. The summed E-state index contributed by atoms with van der Waals surface area (Å²) in [6, 6.07) is 4.22. The maximum absolute atomic E-state index is 13.3. The molecule has 0 N–H and O–H groups in total. The summed E-state index contributed by atoms with van der Waals surface area (Å²) in [7, 11) is 0. The fraction of sp³-hybridized carbons (Fsp3) is 0.565. The van der Waals surface area contributed by atoms with E-state index in [1.165, 1.54) is 5.69 Å². The number of pyridine rings is 1. The third-order valence-corrected chi connectivity index (χ3v) is 6.99. The van der Waals surface area contributed by atoms with Crippen LogP contribution in [0.5, 0.6) is 0 Å². The molecule has 5 rings (SSSR count). The number of aromatic nitrogens is 3. The summed E-state index contributed by atoms with van der Waals surface area (Å²) in [5.74, 6) is 1.04. The van der Waals surface area contributed by atoms with Crippen molar-refractivity contribution in [2.45, 2.75) is 38.9 Å². The second-order valence-corrected chi connectivity index (χ2v) is 9.22. The number of carbonyl (C=O) groups is 1. The molecule has 0 saturated carbocycles. The first kappa shape index (κ1) is 20.3. The Morgan fingerprint density at radius 1 is 1.00 bits per heavy atom. The van der Waals surface area contributed by atoms with Crippen molar-refractivity contribution in [3.8, 4) is 0 Å². The van der Waals surface area contributed by atoms with E-state index < -0.39 is 0 Å². The van der Waals surface area contributed by atoms with Gasteiger partial charge in [-0.15, -0.1) is 0 Å². The highest BCUT2D eigenvalue weighted by molar-refractivity contribution is 5.73. The van der Waals surface area contributed by atoms with Crippen molar-refractivity contribution in [3.05, 3.63) is 58.0 Å². The van der Waals surface area contributed by atoms with Gasteiger partial charge in [-0.2, -0.15) is 0 Å². The monoisotopic (exact) mass is 422 g/mol. The molecule has 8 nitrogen and oxygen atoms in total. The molecule has 1 amide bonds. The third kappa shape index (κ3) is 4.27. The van der Waals surface area contributed by atoms with E-state index >= 15 is 0 Å².